The third-order valence-corrected chi connectivity index (χ3v) is 7.77. The molecule has 2 aliphatic rings. The lowest BCUT2D eigenvalue weighted by Gasteiger charge is -2.31. The Hall–Kier alpha value is -3.91. The number of hydrogen-bond acceptors (Lipinski definition) is 7. The van der Waals surface area contributed by atoms with E-state index in [2.05, 4.69) is 4.98 Å². The van der Waals surface area contributed by atoms with Crippen molar-refractivity contribution < 1.29 is 45.4 Å². The van der Waals surface area contributed by atoms with Gasteiger partial charge < -0.3 is 19.2 Å². The third kappa shape index (κ3) is 5.81. The van der Waals surface area contributed by atoms with Gasteiger partial charge in [0.2, 0.25) is 10.0 Å². The van der Waals surface area contributed by atoms with Gasteiger partial charge >= 0.3 is 12.1 Å². The molecule has 0 bridgehead atoms. The lowest BCUT2D eigenvalue weighted by Crippen LogP contribution is -2.49. The fourth-order valence-corrected chi connectivity index (χ4v) is 5.77. The summed E-state index contributed by atoms with van der Waals surface area (Å²) in [6.07, 6.45) is -0.0624. The number of aromatic nitrogens is 1. The van der Waals surface area contributed by atoms with Gasteiger partial charge in [-0.25, -0.2) is 13.2 Å². The van der Waals surface area contributed by atoms with Gasteiger partial charge in [-0.15, -0.1) is 0 Å². The van der Waals surface area contributed by atoms with E-state index in [9.17, 15) is 26.4 Å². The van der Waals surface area contributed by atoms with Crippen LogP contribution in [0.4, 0.5) is 13.2 Å². The fraction of sp³-hybridized carbons (Fsp3) is 0.292. The first kappa shape index (κ1) is 27.1. The zero-order valence-corrected chi connectivity index (χ0v) is 20.5. The first-order chi connectivity index (χ1) is 17.9. The van der Waals surface area contributed by atoms with Crippen LogP contribution in [0, 0.1) is 0 Å². The number of halogens is 3. The Morgan fingerprint density at radius 2 is 1.79 bits per heavy atom. The Bertz CT molecular complexity index is 1400. The molecule has 1 unspecified atom stereocenters. The molecule has 5 rings (SSSR count). The van der Waals surface area contributed by atoms with Crippen molar-refractivity contribution >= 4 is 21.9 Å². The summed E-state index contributed by atoms with van der Waals surface area (Å²) in [6.45, 7) is 0.983. The van der Waals surface area contributed by atoms with Crippen LogP contribution < -0.4 is 4.74 Å². The molecular formula is C24H22F3N3O7S. The van der Waals surface area contributed by atoms with Crippen LogP contribution in [-0.2, 0) is 21.4 Å². The molecule has 1 N–H and O–H groups in total. The highest BCUT2D eigenvalue weighted by Crippen LogP contribution is 2.39. The van der Waals surface area contributed by atoms with E-state index in [4.69, 9.17) is 19.1 Å². The first-order valence-electron chi connectivity index (χ1n) is 11.2. The number of pyridine rings is 1. The summed E-state index contributed by atoms with van der Waals surface area (Å²) in [5, 5.41) is 7.12. The van der Waals surface area contributed by atoms with Gasteiger partial charge in [0.05, 0.1) is 37.2 Å². The van der Waals surface area contributed by atoms with Crippen molar-refractivity contribution in [2.75, 3.05) is 19.6 Å². The Balaban J connectivity index is 0.000000426. The minimum atomic E-state index is -5.08. The summed E-state index contributed by atoms with van der Waals surface area (Å²) >= 11 is 0. The molecule has 38 heavy (non-hydrogen) atoms. The van der Waals surface area contributed by atoms with Crippen LogP contribution in [0.2, 0.25) is 0 Å². The van der Waals surface area contributed by atoms with E-state index in [-0.39, 0.29) is 30.4 Å². The van der Waals surface area contributed by atoms with Crippen molar-refractivity contribution in [3.63, 3.8) is 0 Å². The molecule has 1 aromatic carbocycles. The number of alkyl halides is 3. The van der Waals surface area contributed by atoms with Crippen LogP contribution in [0.5, 0.6) is 5.75 Å². The molecule has 3 aromatic rings. The molecule has 10 nitrogen and oxygen atoms in total. The van der Waals surface area contributed by atoms with Crippen molar-refractivity contribution in [3.05, 3.63) is 78.5 Å². The molecule has 1 spiro atoms. The number of carboxylic acid groups (broad SMARTS) is 1. The highest BCUT2D eigenvalue weighted by Gasteiger charge is 2.49. The molecule has 14 heteroatoms. The van der Waals surface area contributed by atoms with E-state index >= 15 is 0 Å². The fourth-order valence-electron chi connectivity index (χ4n) is 4.17. The minimum absolute atomic E-state index is 0.121. The van der Waals surface area contributed by atoms with E-state index in [0.717, 1.165) is 0 Å². The maximum Gasteiger partial charge on any atom is 0.490 e. The zero-order chi connectivity index (χ0) is 27.6. The highest BCUT2D eigenvalue weighted by atomic mass is 32.2. The molecule has 0 radical (unpaired) electrons. The van der Waals surface area contributed by atoms with E-state index in [1.165, 1.54) is 16.8 Å². The molecule has 2 aliphatic heterocycles. The Morgan fingerprint density at radius 1 is 1.08 bits per heavy atom. The number of fused-ring (bicyclic) bond motifs is 1. The van der Waals surface area contributed by atoms with E-state index in [1.807, 2.05) is 6.07 Å². The van der Waals surface area contributed by atoms with Crippen LogP contribution in [0.3, 0.4) is 0 Å². The van der Waals surface area contributed by atoms with Gasteiger partial charge in [0.1, 0.15) is 22.5 Å². The summed E-state index contributed by atoms with van der Waals surface area (Å²) in [5.74, 6) is -2.61. The smallest absolute Gasteiger partial charge is 0.483 e. The number of rotatable bonds is 3. The van der Waals surface area contributed by atoms with E-state index in [0.29, 0.717) is 30.0 Å². The van der Waals surface area contributed by atoms with Gasteiger partial charge in [0.15, 0.2) is 0 Å². The maximum atomic E-state index is 13.5. The first-order valence-corrected chi connectivity index (χ1v) is 12.6. The van der Waals surface area contributed by atoms with Crippen LogP contribution >= 0.6 is 0 Å². The monoisotopic (exact) mass is 553 g/mol. The molecule has 4 heterocycles. The summed E-state index contributed by atoms with van der Waals surface area (Å²) in [7, 11) is -3.81. The molecule has 1 atom stereocenters. The third-order valence-electron chi connectivity index (χ3n) is 5.94. The van der Waals surface area contributed by atoms with Gasteiger partial charge in [-0.3, -0.25) is 9.78 Å². The average Bonchev–Trinajstić information content (AvgIpc) is 3.53. The number of ether oxygens (including phenoxy) is 1. The molecule has 0 aliphatic carbocycles. The van der Waals surface area contributed by atoms with Crippen LogP contribution in [-0.4, -0.2) is 71.0 Å². The largest absolute Gasteiger partial charge is 0.490 e. The molecule has 1 saturated heterocycles. The lowest BCUT2D eigenvalue weighted by molar-refractivity contribution is -0.192. The number of sulfonamides is 1. The second-order valence-corrected chi connectivity index (χ2v) is 10.5. The van der Waals surface area contributed by atoms with Crippen molar-refractivity contribution in [1.29, 1.82) is 0 Å². The Kier molecular flexibility index (Phi) is 7.47. The topological polar surface area (TPSA) is 130 Å². The van der Waals surface area contributed by atoms with Crippen molar-refractivity contribution in [2.24, 2.45) is 0 Å². The Morgan fingerprint density at radius 3 is 2.42 bits per heavy atom. The van der Waals surface area contributed by atoms with E-state index in [1.54, 1.807) is 53.6 Å². The van der Waals surface area contributed by atoms with Crippen molar-refractivity contribution in [3.8, 4) is 5.75 Å². The number of hydrogen-bond donors (Lipinski definition) is 1. The minimum Gasteiger partial charge on any atom is -0.483 e. The van der Waals surface area contributed by atoms with Crippen LogP contribution in [0.1, 0.15) is 22.5 Å². The van der Waals surface area contributed by atoms with Gasteiger partial charge in [-0.05, 0) is 30.3 Å². The number of carboxylic acids is 1. The normalized spacial score (nSPS) is 20.6. The summed E-state index contributed by atoms with van der Waals surface area (Å²) < 4.78 is 71.5. The van der Waals surface area contributed by atoms with Crippen molar-refractivity contribution in [1.82, 2.24) is 14.2 Å². The number of furan rings is 1. The lowest BCUT2D eigenvalue weighted by atomic mass is 10.0. The summed E-state index contributed by atoms with van der Waals surface area (Å²) in [6, 6.07) is 13.7. The van der Waals surface area contributed by atoms with Gasteiger partial charge in [-0.2, -0.15) is 17.5 Å². The van der Waals surface area contributed by atoms with Crippen LogP contribution in [0.15, 0.2) is 76.6 Å². The highest BCUT2D eigenvalue weighted by molar-refractivity contribution is 7.89. The van der Waals surface area contributed by atoms with E-state index < -0.39 is 27.8 Å². The molecular weight excluding hydrogens is 531 g/mol. The number of likely N-dealkylation sites (tertiary alicyclic amines) is 1. The molecule has 0 saturated carbocycles. The number of benzene rings is 1. The average molecular weight is 554 g/mol. The quantitative estimate of drug-likeness (QED) is 0.524. The predicted molar refractivity (Wildman–Crippen MR) is 125 cm³/mol. The SMILES string of the molecule is O=C(O)C(F)(F)F.O=C(c1ccoc1)N1CCC2(C1)CN(Cc1ccccn1)S(=O)(=O)c1ccccc1O2. The number of para-hydroxylation sites is 1. The number of amides is 1. The standard InChI is InChI=1S/C22H21N3O5S.C2HF3O2/c26-21(17-8-12-29-14-17)24-11-9-22(15-24)16-25(13-18-5-3-4-10-23-18)31(27,28)20-7-2-1-6-19(20)30-22;3-2(4,5)1(6)7/h1-8,10,12,14H,9,11,13,15-16H2;(H,6,7). The molecule has 202 valence electrons. The second-order valence-electron chi connectivity index (χ2n) is 8.62. The van der Waals surface area contributed by atoms with Gasteiger partial charge in [-0.1, -0.05) is 18.2 Å². The summed E-state index contributed by atoms with van der Waals surface area (Å²) in [4.78, 5) is 27.8. The van der Waals surface area contributed by atoms with Crippen LogP contribution in [0.25, 0.3) is 0 Å². The molecule has 1 amide bonds. The zero-order valence-electron chi connectivity index (χ0n) is 19.7. The van der Waals surface area contributed by atoms with Crippen molar-refractivity contribution in [2.45, 2.75) is 29.6 Å². The van der Waals surface area contributed by atoms with Gasteiger partial charge in [0.25, 0.3) is 5.91 Å². The number of carbonyl (C=O) groups is 2. The number of carbonyl (C=O) groups excluding carboxylic acids is 1. The molecule has 1 fully saturated rings. The number of nitrogens with zero attached hydrogens (tertiary/aromatic N) is 3. The molecule has 2 aromatic heterocycles. The van der Waals surface area contributed by atoms with Gasteiger partial charge in [0, 0.05) is 19.2 Å². The predicted octanol–water partition coefficient (Wildman–Crippen LogP) is 3.18. The summed E-state index contributed by atoms with van der Waals surface area (Å²) in [5.41, 5.74) is 0.252. The second kappa shape index (κ2) is 10.5. The maximum absolute atomic E-state index is 13.5. The number of aliphatic carboxylic acids is 1. The Labute approximate surface area is 215 Å².